The molecule has 0 aliphatic rings. The van der Waals surface area contributed by atoms with Crippen molar-refractivity contribution in [2.24, 2.45) is 11.7 Å². The highest BCUT2D eigenvalue weighted by atomic mass is 16.4. The number of carbonyl (C=O) groups is 3. The van der Waals surface area contributed by atoms with Crippen molar-refractivity contribution in [3.8, 4) is 0 Å². The van der Waals surface area contributed by atoms with Crippen molar-refractivity contribution >= 4 is 17.8 Å². The lowest BCUT2D eigenvalue weighted by Crippen LogP contribution is -2.47. The lowest BCUT2D eigenvalue weighted by atomic mass is 10.0. The van der Waals surface area contributed by atoms with Crippen molar-refractivity contribution in [1.82, 2.24) is 14.9 Å². The van der Waals surface area contributed by atoms with Gasteiger partial charge in [-0.25, -0.2) is 4.98 Å². The maximum atomic E-state index is 12.0. The van der Waals surface area contributed by atoms with Crippen LogP contribution in [0.15, 0.2) is 12.4 Å². The Morgan fingerprint density at radius 1 is 1.24 bits per heavy atom. The molecule has 0 bridgehead atoms. The first-order chi connectivity index (χ1) is 11.5. The summed E-state index contributed by atoms with van der Waals surface area (Å²) in [6, 6.07) is -0.545. The molecule has 0 saturated carbocycles. The van der Waals surface area contributed by atoms with E-state index in [0.29, 0.717) is 12.4 Å². The highest BCUT2D eigenvalue weighted by Gasteiger charge is 2.23. The van der Waals surface area contributed by atoms with Crippen LogP contribution in [0.1, 0.15) is 33.5 Å². The van der Waals surface area contributed by atoms with Gasteiger partial charge in [-0.1, -0.05) is 13.8 Å². The van der Waals surface area contributed by atoms with E-state index in [1.54, 1.807) is 12.4 Å². The van der Waals surface area contributed by atoms with Crippen LogP contribution in [0.2, 0.25) is 0 Å². The van der Waals surface area contributed by atoms with Gasteiger partial charge < -0.3 is 30.9 Å². The molecule has 0 aliphatic carbocycles. The summed E-state index contributed by atoms with van der Waals surface area (Å²) in [6.07, 6.45) is 3.32. The first kappa shape index (κ1) is 24.8. The molecule has 1 amide bonds. The monoisotopic (exact) mass is 360 g/mol. The number of carboxylic acids is 2. The van der Waals surface area contributed by atoms with Gasteiger partial charge in [0.1, 0.15) is 5.82 Å². The number of aliphatic hydroxyl groups excluding tert-OH is 1. The SMILES string of the molecule is CC(=O)O.CC(=O)O.CC(C)[C@H](N)C(=O)N(CCO)Cc1ncc[nH]1. The molecule has 144 valence electrons. The highest BCUT2D eigenvalue weighted by Crippen LogP contribution is 2.06. The number of aromatic amines is 1. The van der Waals surface area contributed by atoms with Crippen LogP contribution in [-0.2, 0) is 20.9 Å². The number of H-pyrrole nitrogens is 1. The number of aromatic nitrogens is 2. The quantitative estimate of drug-likeness (QED) is 0.468. The van der Waals surface area contributed by atoms with Crippen LogP contribution in [0.25, 0.3) is 0 Å². The topological polar surface area (TPSA) is 170 Å². The second kappa shape index (κ2) is 13.9. The summed E-state index contributed by atoms with van der Waals surface area (Å²) in [7, 11) is 0. The minimum absolute atomic E-state index is 0.0697. The third kappa shape index (κ3) is 14.8. The third-order valence-corrected chi connectivity index (χ3v) is 2.58. The molecule has 0 aromatic carbocycles. The van der Waals surface area contributed by atoms with Gasteiger partial charge in [-0.3, -0.25) is 14.4 Å². The van der Waals surface area contributed by atoms with E-state index in [4.69, 9.17) is 30.6 Å². The van der Waals surface area contributed by atoms with E-state index in [1.807, 2.05) is 13.8 Å². The number of carboxylic acid groups (broad SMARTS) is 2. The number of imidazole rings is 1. The molecule has 1 aromatic heterocycles. The first-order valence-corrected chi connectivity index (χ1v) is 7.55. The van der Waals surface area contributed by atoms with E-state index < -0.39 is 18.0 Å². The van der Waals surface area contributed by atoms with Crippen molar-refractivity contribution in [2.45, 2.75) is 40.3 Å². The predicted octanol–water partition coefficient (Wildman–Crippen LogP) is -0.104. The first-order valence-electron chi connectivity index (χ1n) is 7.55. The largest absolute Gasteiger partial charge is 0.481 e. The van der Waals surface area contributed by atoms with Gasteiger partial charge in [0.25, 0.3) is 11.9 Å². The number of aliphatic carboxylic acids is 2. The summed E-state index contributed by atoms with van der Waals surface area (Å²) in [6.45, 7) is 6.48. The molecule has 0 fully saturated rings. The summed E-state index contributed by atoms with van der Waals surface area (Å²) in [5.74, 6) is -1.08. The molecule has 1 atom stereocenters. The van der Waals surface area contributed by atoms with Gasteiger partial charge in [0, 0.05) is 32.8 Å². The van der Waals surface area contributed by atoms with Crippen molar-refractivity contribution in [3.63, 3.8) is 0 Å². The Morgan fingerprint density at radius 3 is 2.04 bits per heavy atom. The smallest absolute Gasteiger partial charge is 0.300 e. The van der Waals surface area contributed by atoms with E-state index in [-0.39, 0.29) is 25.0 Å². The zero-order valence-corrected chi connectivity index (χ0v) is 15.0. The predicted molar refractivity (Wildman–Crippen MR) is 90.5 cm³/mol. The molecule has 0 unspecified atom stereocenters. The summed E-state index contributed by atoms with van der Waals surface area (Å²) in [5, 5.41) is 23.8. The van der Waals surface area contributed by atoms with E-state index in [1.165, 1.54) is 4.90 Å². The Bertz CT molecular complexity index is 484. The van der Waals surface area contributed by atoms with Gasteiger partial charge in [-0.15, -0.1) is 0 Å². The van der Waals surface area contributed by atoms with Crippen molar-refractivity contribution in [2.75, 3.05) is 13.2 Å². The van der Waals surface area contributed by atoms with E-state index >= 15 is 0 Å². The number of carbonyl (C=O) groups excluding carboxylic acids is 1. The van der Waals surface area contributed by atoms with Gasteiger partial charge in [0.15, 0.2) is 0 Å². The third-order valence-electron chi connectivity index (χ3n) is 2.58. The molecular formula is C15H28N4O6. The number of hydrogen-bond acceptors (Lipinski definition) is 6. The number of nitrogens with zero attached hydrogens (tertiary/aromatic N) is 2. The Hall–Kier alpha value is -2.46. The van der Waals surface area contributed by atoms with Gasteiger partial charge >= 0.3 is 0 Å². The van der Waals surface area contributed by atoms with E-state index in [0.717, 1.165) is 13.8 Å². The maximum absolute atomic E-state index is 12.0. The van der Waals surface area contributed by atoms with Gasteiger partial charge in [-0.05, 0) is 5.92 Å². The molecule has 25 heavy (non-hydrogen) atoms. The zero-order chi connectivity index (χ0) is 20.0. The Labute approximate surface area is 146 Å². The second-order valence-corrected chi connectivity index (χ2v) is 5.33. The Balaban J connectivity index is 0. The molecule has 0 aliphatic heterocycles. The van der Waals surface area contributed by atoms with Crippen molar-refractivity contribution < 1.29 is 29.7 Å². The second-order valence-electron chi connectivity index (χ2n) is 5.33. The zero-order valence-electron chi connectivity index (χ0n) is 15.0. The van der Waals surface area contributed by atoms with E-state index in [2.05, 4.69) is 9.97 Å². The summed E-state index contributed by atoms with van der Waals surface area (Å²) < 4.78 is 0. The molecule has 0 spiro atoms. The van der Waals surface area contributed by atoms with Crippen molar-refractivity contribution in [1.29, 1.82) is 0 Å². The average Bonchev–Trinajstić information content (AvgIpc) is 2.97. The number of hydrogen-bond donors (Lipinski definition) is 5. The molecule has 10 heteroatoms. The van der Waals surface area contributed by atoms with Gasteiger partial charge in [-0.2, -0.15) is 0 Å². The number of nitrogens with two attached hydrogens (primary N) is 1. The van der Waals surface area contributed by atoms with Crippen LogP contribution >= 0.6 is 0 Å². The lowest BCUT2D eigenvalue weighted by molar-refractivity contribution is -0.135. The van der Waals surface area contributed by atoms with Gasteiger partial charge in [0.2, 0.25) is 5.91 Å². The molecule has 0 saturated heterocycles. The number of amides is 1. The minimum atomic E-state index is -0.833. The number of nitrogens with one attached hydrogen (secondary N) is 1. The fourth-order valence-corrected chi connectivity index (χ4v) is 1.45. The number of rotatable bonds is 6. The lowest BCUT2D eigenvalue weighted by Gasteiger charge is -2.25. The van der Waals surface area contributed by atoms with E-state index in [9.17, 15) is 4.79 Å². The average molecular weight is 360 g/mol. The standard InChI is InChI=1S/C11H20N4O2.2C2H4O2/c1-8(2)10(12)11(17)15(5-6-16)7-9-13-3-4-14-9;2*1-2(3)4/h3-4,8,10,16H,5-7,12H2,1-2H3,(H,13,14);2*1H3,(H,3,4)/t10-;;/m0../s1. The number of aliphatic hydroxyl groups is 1. The molecule has 6 N–H and O–H groups in total. The van der Waals surface area contributed by atoms with Crippen LogP contribution in [0, 0.1) is 5.92 Å². The van der Waals surface area contributed by atoms with Crippen LogP contribution < -0.4 is 5.73 Å². The van der Waals surface area contributed by atoms with Crippen LogP contribution in [0.4, 0.5) is 0 Å². The fraction of sp³-hybridized carbons (Fsp3) is 0.600. The normalized spacial score (nSPS) is 10.7. The van der Waals surface area contributed by atoms with Crippen LogP contribution in [-0.4, -0.2) is 67.2 Å². The fourth-order valence-electron chi connectivity index (χ4n) is 1.45. The molecule has 1 rings (SSSR count). The Kier molecular flexibility index (Phi) is 13.8. The minimum Gasteiger partial charge on any atom is -0.481 e. The Morgan fingerprint density at radius 2 is 1.72 bits per heavy atom. The maximum Gasteiger partial charge on any atom is 0.300 e. The summed E-state index contributed by atoms with van der Waals surface area (Å²) >= 11 is 0. The highest BCUT2D eigenvalue weighted by molar-refractivity contribution is 5.81. The summed E-state index contributed by atoms with van der Waals surface area (Å²) in [4.78, 5) is 38.5. The molecule has 1 aromatic rings. The van der Waals surface area contributed by atoms with Crippen molar-refractivity contribution in [3.05, 3.63) is 18.2 Å². The molecule has 1 heterocycles. The summed E-state index contributed by atoms with van der Waals surface area (Å²) in [5.41, 5.74) is 5.82. The van der Waals surface area contributed by atoms with Crippen LogP contribution in [0.5, 0.6) is 0 Å². The molecular weight excluding hydrogens is 332 g/mol. The van der Waals surface area contributed by atoms with Crippen LogP contribution in [0.3, 0.4) is 0 Å². The van der Waals surface area contributed by atoms with Gasteiger partial charge in [0.05, 0.1) is 19.2 Å². The molecule has 10 nitrogen and oxygen atoms in total. The molecule has 0 radical (unpaired) electrons.